The zero-order valence-electron chi connectivity index (χ0n) is 11.5. The molecular weight excluding hydrogens is 236 g/mol. The van der Waals surface area contributed by atoms with Crippen LogP contribution in [0.5, 0.6) is 5.75 Å². The van der Waals surface area contributed by atoms with E-state index in [0.717, 1.165) is 11.3 Å². The molecule has 98 valence electrons. The van der Waals surface area contributed by atoms with Gasteiger partial charge in [-0.05, 0) is 30.2 Å². The van der Waals surface area contributed by atoms with Gasteiger partial charge in [0.2, 0.25) is 0 Å². The van der Waals surface area contributed by atoms with Crippen LogP contribution in [0, 0.1) is 0 Å². The van der Waals surface area contributed by atoms with Gasteiger partial charge in [-0.15, -0.1) is 0 Å². The fourth-order valence-electron chi connectivity index (χ4n) is 2.09. The number of carbonyl (C=O) groups is 1. The third kappa shape index (κ3) is 3.02. The number of benzene rings is 2. The Bertz CT molecular complexity index is 553. The Kier molecular flexibility index (Phi) is 4.00. The Labute approximate surface area is 114 Å². The molecule has 1 atom stereocenters. The molecule has 1 unspecified atom stereocenters. The summed E-state index contributed by atoms with van der Waals surface area (Å²) in [5.74, 6) is 1.26. The van der Waals surface area contributed by atoms with Crippen molar-refractivity contribution < 1.29 is 9.53 Å². The largest absolute Gasteiger partial charge is 0.497 e. The van der Waals surface area contributed by atoms with Crippen LogP contribution in [0.15, 0.2) is 48.5 Å². The van der Waals surface area contributed by atoms with E-state index in [1.165, 1.54) is 11.1 Å². The quantitative estimate of drug-likeness (QED) is 0.769. The number of ether oxygens (including phenoxy) is 1. The first kappa shape index (κ1) is 13.3. The van der Waals surface area contributed by atoms with E-state index in [-0.39, 0.29) is 5.78 Å². The Morgan fingerprint density at radius 3 is 1.84 bits per heavy atom. The lowest BCUT2D eigenvalue weighted by Crippen LogP contribution is -1.98. The average Bonchev–Trinajstić information content (AvgIpc) is 2.46. The summed E-state index contributed by atoms with van der Waals surface area (Å²) in [4.78, 5) is 11.3. The van der Waals surface area contributed by atoms with E-state index in [2.05, 4.69) is 19.1 Å². The molecule has 0 aliphatic carbocycles. The highest BCUT2D eigenvalue weighted by Crippen LogP contribution is 2.26. The van der Waals surface area contributed by atoms with Gasteiger partial charge >= 0.3 is 0 Å². The van der Waals surface area contributed by atoms with E-state index in [4.69, 9.17) is 4.74 Å². The van der Waals surface area contributed by atoms with Crippen LogP contribution in [0.4, 0.5) is 0 Å². The summed E-state index contributed by atoms with van der Waals surface area (Å²) in [6.45, 7) is 3.74. The van der Waals surface area contributed by atoms with Crippen LogP contribution in [0.2, 0.25) is 0 Å². The topological polar surface area (TPSA) is 26.3 Å². The minimum atomic E-state index is 0.101. The monoisotopic (exact) mass is 254 g/mol. The molecule has 0 aliphatic heterocycles. The number of hydrogen-bond acceptors (Lipinski definition) is 2. The summed E-state index contributed by atoms with van der Waals surface area (Å²) in [5, 5.41) is 0. The molecule has 0 N–H and O–H groups in total. The predicted octanol–water partition coefficient (Wildman–Crippen LogP) is 4.05. The molecule has 0 radical (unpaired) electrons. The third-order valence-corrected chi connectivity index (χ3v) is 3.43. The fraction of sp³-hybridized carbons (Fsp3) is 0.235. The van der Waals surface area contributed by atoms with Crippen molar-refractivity contribution in [1.82, 2.24) is 0 Å². The van der Waals surface area contributed by atoms with E-state index >= 15 is 0 Å². The Balaban J connectivity index is 2.22. The molecule has 0 amide bonds. The van der Waals surface area contributed by atoms with Crippen LogP contribution in [0.3, 0.4) is 0 Å². The molecule has 0 spiro atoms. The standard InChI is InChI=1S/C17H18O2/c1-12(15-8-10-17(19-3)11-9-15)14-4-6-16(7-5-14)13(2)18/h4-12H,1-3H3. The van der Waals surface area contributed by atoms with Gasteiger partial charge in [0.05, 0.1) is 7.11 Å². The molecule has 0 bridgehead atoms. The summed E-state index contributed by atoms with van der Waals surface area (Å²) < 4.78 is 5.16. The van der Waals surface area contributed by atoms with E-state index in [9.17, 15) is 4.79 Å². The Hall–Kier alpha value is -2.09. The maximum atomic E-state index is 11.3. The molecule has 2 aromatic rings. The van der Waals surface area contributed by atoms with Crippen molar-refractivity contribution in [2.75, 3.05) is 7.11 Å². The summed E-state index contributed by atoms with van der Waals surface area (Å²) in [7, 11) is 1.67. The molecule has 2 aromatic carbocycles. The van der Waals surface area contributed by atoms with Crippen molar-refractivity contribution in [3.05, 3.63) is 65.2 Å². The zero-order chi connectivity index (χ0) is 13.8. The molecular formula is C17H18O2. The van der Waals surface area contributed by atoms with E-state index in [0.29, 0.717) is 5.92 Å². The smallest absolute Gasteiger partial charge is 0.159 e. The summed E-state index contributed by atoms with van der Waals surface area (Å²) in [6, 6.07) is 15.9. The number of Topliss-reactive ketones (excluding diaryl/α,β-unsaturated/α-hetero) is 1. The minimum absolute atomic E-state index is 0.101. The lowest BCUT2D eigenvalue weighted by molar-refractivity contribution is 0.101. The molecule has 0 saturated heterocycles. The van der Waals surface area contributed by atoms with Crippen molar-refractivity contribution in [3.63, 3.8) is 0 Å². The molecule has 0 fully saturated rings. The van der Waals surface area contributed by atoms with Crippen molar-refractivity contribution in [2.24, 2.45) is 0 Å². The maximum absolute atomic E-state index is 11.3. The number of hydrogen-bond donors (Lipinski definition) is 0. The molecule has 0 heterocycles. The third-order valence-electron chi connectivity index (χ3n) is 3.43. The fourth-order valence-corrected chi connectivity index (χ4v) is 2.09. The molecule has 0 aliphatic rings. The van der Waals surface area contributed by atoms with E-state index < -0.39 is 0 Å². The van der Waals surface area contributed by atoms with Crippen LogP contribution in [0.1, 0.15) is 41.3 Å². The van der Waals surface area contributed by atoms with Crippen molar-refractivity contribution in [2.45, 2.75) is 19.8 Å². The molecule has 19 heavy (non-hydrogen) atoms. The molecule has 2 rings (SSSR count). The van der Waals surface area contributed by atoms with Gasteiger partial charge in [-0.2, -0.15) is 0 Å². The second-order valence-corrected chi connectivity index (χ2v) is 4.67. The van der Waals surface area contributed by atoms with E-state index in [1.807, 2.05) is 36.4 Å². The lowest BCUT2D eigenvalue weighted by Gasteiger charge is -2.13. The summed E-state index contributed by atoms with van der Waals surface area (Å²) >= 11 is 0. The first-order valence-corrected chi connectivity index (χ1v) is 6.36. The highest BCUT2D eigenvalue weighted by atomic mass is 16.5. The zero-order valence-corrected chi connectivity index (χ0v) is 11.5. The van der Waals surface area contributed by atoms with Crippen molar-refractivity contribution >= 4 is 5.78 Å². The van der Waals surface area contributed by atoms with Crippen molar-refractivity contribution in [1.29, 1.82) is 0 Å². The predicted molar refractivity (Wildman–Crippen MR) is 77.0 cm³/mol. The molecule has 2 nitrogen and oxygen atoms in total. The first-order chi connectivity index (χ1) is 9.11. The summed E-state index contributed by atoms with van der Waals surface area (Å²) in [5.41, 5.74) is 3.19. The number of ketones is 1. The van der Waals surface area contributed by atoms with Gasteiger partial charge in [0.1, 0.15) is 5.75 Å². The first-order valence-electron chi connectivity index (χ1n) is 6.36. The van der Waals surface area contributed by atoms with Gasteiger partial charge in [-0.1, -0.05) is 43.3 Å². The molecule has 0 saturated carbocycles. The minimum Gasteiger partial charge on any atom is -0.497 e. The van der Waals surface area contributed by atoms with Gasteiger partial charge in [0.15, 0.2) is 5.78 Å². The van der Waals surface area contributed by atoms with Crippen LogP contribution >= 0.6 is 0 Å². The molecule has 0 aromatic heterocycles. The average molecular weight is 254 g/mol. The summed E-state index contributed by atoms with van der Waals surface area (Å²) in [6.07, 6.45) is 0. The maximum Gasteiger partial charge on any atom is 0.159 e. The Morgan fingerprint density at radius 1 is 0.947 bits per heavy atom. The van der Waals surface area contributed by atoms with Gasteiger partial charge in [-0.3, -0.25) is 4.79 Å². The van der Waals surface area contributed by atoms with E-state index in [1.54, 1.807) is 14.0 Å². The highest BCUT2D eigenvalue weighted by Gasteiger charge is 2.09. The lowest BCUT2D eigenvalue weighted by atomic mass is 9.92. The van der Waals surface area contributed by atoms with Crippen LogP contribution in [0.25, 0.3) is 0 Å². The highest BCUT2D eigenvalue weighted by molar-refractivity contribution is 5.94. The number of rotatable bonds is 4. The van der Waals surface area contributed by atoms with Crippen molar-refractivity contribution in [3.8, 4) is 5.75 Å². The van der Waals surface area contributed by atoms with Crippen LogP contribution in [-0.4, -0.2) is 12.9 Å². The number of carbonyl (C=O) groups excluding carboxylic acids is 1. The van der Waals surface area contributed by atoms with Gasteiger partial charge in [0, 0.05) is 11.5 Å². The molecule has 2 heteroatoms. The second-order valence-electron chi connectivity index (χ2n) is 4.67. The van der Waals surface area contributed by atoms with Gasteiger partial charge in [-0.25, -0.2) is 0 Å². The van der Waals surface area contributed by atoms with Gasteiger partial charge < -0.3 is 4.74 Å². The Morgan fingerprint density at radius 2 is 1.42 bits per heavy atom. The normalized spacial score (nSPS) is 11.9. The SMILES string of the molecule is COc1ccc(C(C)c2ccc(C(C)=O)cc2)cc1. The van der Waals surface area contributed by atoms with Gasteiger partial charge in [0.25, 0.3) is 0 Å². The number of methoxy groups -OCH3 is 1. The van der Waals surface area contributed by atoms with Crippen LogP contribution in [-0.2, 0) is 0 Å². The van der Waals surface area contributed by atoms with Crippen LogP contribution < -0.4 is 4.74 Å². The second kappa shape index (κ2) is 5.70.